The maximum absolute atomic E-state index is 13.4. The average Bonchev–Trinajstić information content (AvgIpc) is 2.51. The van der Waals surface area contributed by atoms with Gasteiger partial charge in [-0.15, -0.1) is 0 Å². The molecule has 0 unspecified atom stereocenters. The lowest BCUT2D eigenvalue weighted by Crippen LogP contribution is -2.35. The van der Waals surface area contributed by atoms with Gasteiger partial charge in [-0.2, -0.15) is 0 Å². The largest absolute Gasteiger partial charge is 0.507 e. The van der Waals surface area contributed by atoms with Gasteiger partial charge in [0.2, 0.25) is 0 Å². The maximum atomic E-state index is 13.4. The van der Waals surface area contributed by atoms with Crippen molar-refractivity contribution >= 4 is 27.7 Å². The number of benzene rings is 2. The zero-order valence-corrected chi connectivity index (χ0v) is 13.6. The number of nitrogens with one attached hydrogen (secondary N) is 2. The van der Waals surface area contributed by atoms with Crippen LogP contribution in [0.5, 0.6) is 5.75 Å². The second-order valence-electron chi connectivity index (χ2n) is 4.65. The van der Waals surface area contributed by atoms with Crippen molar-refractivity contribution in [1.29, 1.82) is 0 Å². The molecular weight excluding hydrogens is 367 g/mol. The van der Waals surface area contributed by atoms with Crippen LogP contribution < -0.4 is 10.6 Å². The number of hydrogen-bond acceptors (Lipinski definition) is 3. The molecule has 0 aliphatic carbocycles. The van der Waals surface area contributed by atoms with E-state index in [2.05, 4.69) is 26.6 Å². The van der Waals surface area contributed by atoms with Crippen LogP contribution in [-0.2, 0) is 0 Å². The Labute approximate surface area is 140 Å². The highest BCUT2D eigenvalue weighted by Crippen LogP contribution is 2.21. The quantitative estimate of drug-likeness (QED) is 0.697. The number of rotatable bonds is 5. The average molecular weight is 381 g/mol. The van der Waals surface area contributed by atoms with E-state index < -0.39 is 17.6 Å². The highest BCUT2D eigenvalue weighted by atomic mass is 79.9. The second-order valence-corrected chi connectivity index (χ2v) is 5.57. The highest BCUT2D eigenvalue weighted by molar-refractivity contribution is 9.10. The van der Waals surface area contributed by atoms with Crippen LogP contribution in [0.4, 0.5) is 4.39 Å². The molecule has 23 heavy (non-hydrogen) atoms. The first-order valence-electron chi connectivity index (χ1n) is 6.78. The van der Waals surface area contributed by atoms with Crippen molar-refractivity contribution in [2.24, 2.45) is 0 Å². The van der Waals surface area contributed by atoms with E-state index in [1.54, 1.807) is 12.1 Å². The van der Waals surface area contributed by atoms with Crippen LogP contribution in [0.25, 0.3) is 0 Å². The number of halogens is 2. The molecule has 0 bridgehead atoms. The molecular formula is C16H14BrFN2O3. The van der Waals surface area contributed by atoms with Gasteiger partial charge in [0.25, 0.3) is 11.8 Å². The van der Waals surface area contributed by atoms with E-state index in [0.29, 0.717) is 4.47 Å². The third-order valence-electron chi connectivity index (χ3n) is 3.02. The molecule has 120 valence electrons. The first kappa shape index (κ1) is 17.0. The minimum atomic E-state index is -0.603. The van der Waals surface area contributed by atoms with Crippen LogP contribution in [0.15, 0.2) is 46.9 Å². The molecule has 0 radical (unpaired) electrons. The lowest BCUT2D eigenvalue weighted by Gasteiger charge is -2.09. The Balaban J connectivity index is 1.82. The maximum Gasteiger partial charge on any atom is 0.255 e. The van der Waals surface area contributed by atoms with Gasteiger partial charge in [0, 0.05) is 17.6 Å². The molecule has 2 amide bonds. The second kappa shape index (κ2) is 7.73. The van der Waals surface area contributed by atoms with Gasteiger partial charge in [-0.05, 0) is 30.3 Å². The van der Waals surface area contributed by atoms with Crippen molar-refractivity contribution in [1.82, 2.24) is 10.6 Å². The number of amides is 2. The number of phenols is 1. The summed E-state index contributed by atoms with van der Waals surface area (Å²) in [6.07, 6.45) is 0. The Bertz CT molecular complexity index is 737. The van der Waals surface area contributed by atoms with Crippen LogP contribution in [-0.4, -0.2) is 30.0 Å². The molecule has 3 N–H and O–H groups in total. The molecule has 0 spiro atoms. The molecule has 2 aromatic carbocycles. The van der Waals surface area contributed by atoms with E-state index in [0.717, 1.165) is 0 Å². The van der Waals surface area contributed by atoms with Gasteiger partial charge in [0.15, 0.2) is 0 Å². The molecule has 0 aromatic heterocycles. The smallest absolute Gasteiger partial charge is 0.255 e. The van der Waals surface area contributed by atoms with E-state index in [-0.39, 0.29) is 30.0 Å². The Morgan fingerprint density at radius 2 is 1.61 bits per heavy atom. The minimum absolute atomic E-state index is 0.0515. The fraction of sp³-hybridized carbons (Fsp3) is 0.125. The SMILES string of the molecule is O=C(NCCNC(=O)c1ccccc1F)c1ccc(Br)cc1O. The Hall–Kier alpha value is -2.41. The Kier molecular flexibility index (Phi) is 5.70. The van der Waals surface area contributed by atoms with Crippen molar-refractivity contribution < 1.29 is 19.1 Å². The summed E-state index contributed by atoms with van der Waals surface area (Å²) in [5, 5.41) is 14.7. The lowest BCUT2D eigenvalue weighted by molar-refractivity contribution is 0.0924. The van der Waals surface area contributed by atoms with Crippen LogP contribution in [0.3, 0.4) is 0 Å². The summed E-state index contributed by atoms with van der Waals surface area (Å²) in [5.74, 6) is -1.76. The summed E-state index contributed by atoms with van der Waals surface area (Å²) in [5.41, 5.74) is 0.0815. The monoisotopic (exact) mass is 380 g/mol. The van der Waals surface area contributed by atoms with Crippen molar-refractivity contribution in [3.63, 3.8) is 0 Å². The van der Waals surface area contributed by atoms with Gasteiger partial charge in [-0.1, -0.05) is 28.1 Å². The van der Waals surface area contributed by atoms with Crippen LogP contribution in [0.2, 0.25) is 0 Å². The molecule has 5 nitrogen and oxygen atoms in total. The number of aromatic hydroxyl groups is 1. The third kappa shape index (κ3) is 4.53. The Morgan fingerprint density at radius 1 is 1.00 bits per heavy atom. The number of carbonyl (C=O) groups is 2. The first-order valence-corrected chi connectivity index (χ1v) is 7.58. The summed E-state index contributed by atoms with van der Waals surface area (Å²) < 4.78 is 14.1. The molecule has 0 fully saturated rings. The molecule has 2 rings (SSSR count). The van der Waals surface area contributed by atoms with Gasteiger partial charge in [0.1, 0.15) is 11.6 Å². The summed E-state index contributed by atoms with van der Waals surface area (Å²) in [6, 6.07) is 10.2. The van der Waals surface area contributed by atoms with Crippen molar-refractivity contribution in [3.05, 3.63) is 63.9 Å². The highest BCUT2D eigenvalue weighted by Gasteiger charge is 2.12. The zero-order valence-electron chi connectivity index (χ0n) is 12.0. The molecule has 0 aliphatic heterocycles. The fourth-order valence-corrected chi connectivity index (χ4v) is 2.23. The zero-order chi connectivity index (χ0) is 16.8. The molecule has 0 saturated carbocycles. The van der Waals surface area contributed by atoms with Gasteiger partial charge >= 0.3 is 0 Å². The van der Waals surface area contributed by atoms with Crippen LogP contribution in [0, 0.1) is 5.82 Å². The molecule has 0 heterocycles. The van der Waals surface area contributed by atoms with Gasteiger partial charge in [0.05, 0.1) is 11.1 Å². The summed E-state index contributed by atoms with van der Waals surface area (Å²) in [6.45, 7) is 0.282. The molecule has 2 aromatic rings. The van der Waals surface area contributed by atoms with E-state index in [9.17, 15) is 19.1 Å². The van der Waals surface area contributed by atoms with Gasteiger partial charge in [-0.25, -0.2) is 4.39 Å². The number of carbonyl (C=O) groups excluding carboxylic acids is 2. The summed E-state index contributed by atoms with van der Waals surface area (Å²) in [7, 11) is 0. The lowest BCUT2D eigenvalue weighted by atomic mass is 10.2. The molecule has 0 atom stereocenters. The van der Waals surface area contributed by atoms with Crippen LogP contribution in [0.1, 0.15) is 20.7 Å². The normalized spacial score (nSPS) is 10.2. The van der Waals surface area contributed by atoms with E-state index in [1.807, 2.05) is 0 Å². The van der Waals surface area contributed by atoms with E-state index in [1.165, 1.54) is 30.3 Å². The van der Waals surface area contributed by atoms with Gasteiger partial charge < -0.3 is 15.7 Å². The minimum Gasteiger partial charge on any atom is -0.507 e. The third-order valence-corrected chi connectivity index (χ3v) is 3.51. The van der Waals surface area contributed by atoms with E-state index >= 15 is 0 Å². The standard InChI is InChI=1S/C16H14BrFN2O3/c17-10-5-6-12(14(21)9-10)16(23)20-8-7-19-15(22)11-3-1-2-4-13(11)18/h1-6,9,21H,7-8H2,(H,19,22)(H,20,23). The predicted octanol–water partition coefficient (Wildman–Crippen LogP) is 2.45. The number of hydrogen-bond donors (Lipinski definition) is 3. The van der Waals surface area contributed by atoms with Crippen molar-refractivity contribution in [3.8, 4) is 5.75 Å². The van der Waals surface area contributed by atoms with Gasteiger partial charge in [-0.3, -0.25) is 9.59 Å². The topological polar surface area (TPSA) is 78.4 Å². The summed E-state index contributed by atoms with van der Waals surface area (Å²) >= 11 is 3.18. The molecule has 7 heteroatoms. The number of phenolic OH excluding ortho intramolecular Hbond substituents is 1. The van der Waals surface area contributed by atoms with Crippen molar-refractivity contribution in [2.45, 2.75) is 0 Å². The molecule has 0 saturated heterocycles. The van der Waals surface area contributed by atoms with E-state index in [4.69, 9.17) is 0 Å². The summed E-state index contributed by atoms with van der Waals surface area (Å²) in [4.78, 5) is 23.6. The van der Waals surface area contributed by atoms with Crippen LogP contribution >= 0.6 is 15.9 Å². The Morgan fingerprint density at radius 3 is 2.22 bits per heavy atom. The molecule has 0 aliphatic rings. The fourth-order valence-electron chi connectivity index (χ4n) is 1.88. The van der Waals surface area contributed by atoms with Crippen molar-refractivity contribution in [2.75, 3.05) is 13.1 Å². The predicted molar refractivity (Wildman–Crippen MR) is 86.9 cm³/mol. The first-order chi connectivity index (χ1) is 11.0.